The molecule has 0 unspecified atom stereocenters. The smallest absolute Gasteiger partial charge is 0.331 e. The number of esters is 1. The molecule has 130 valence electrons. The van der Waals surface area contributed by atoms with Gasteiger partial charge in [-0.1, -0.05) is 24.3 Å². The van der Waals surface area contributed by atoms with Crippen LogP contribution in [0.2, 0.25) is 0 Å². The van der Waals surface area contributed by atoms with Crippen molar-refractivity contribution in [3.8, 4) is 11.5 Å². The zero-order valence-corrected chi connectivity index (χ0v) is 13.8. The summed E-state index contributed by atoms with van der Waals surface area (Å²) in [5.41, 5.74) is 0.881. The van der Waals surface area contributed by atoms with Crippen molar-refractivity contribution in [1.29, 1.82) is 0 Å². The Hall–Kier alpha value is -3.35. The SMILES string of the molecule is COc1cccc(/C=C/C(=O)OCc2ccccc2[N+](=O)[O-])c1OC. The lowest BCUT2D eigenvalue weighted by atomic mass is 10.1. The monoisotopic (exact) mass is 343 g/mol. The van der Waals surface area contributed by atoms with Crippen LogP contribution in [0.3, 0.4) is 0 Å². The van der Waals surface area contributed by atoms with Crippen LogP contribution in [0, 0.1) is 10.1 Å². The average molecular weight is 343 g/mol. The fraction of sp³-hybridized carbons (Fsp3) is 0.167. The highest BCUT2D eigenvalue weighted by atomic mass is 16.6. The second-order valence-electron chi connectivity index (χ2n) is 4.91. The molecule has 0 radical (unpaired) electrons. The number of nitro benzene ring substituents is 1. The summed E-state index contributed by atoms with van der Waals surface area (Å²) in [5, 5.41) is 10.9. The van der Waals surface area contributed by atoms with Gasteiger partial charge in [0.15, 0.2) is 11.5 Å². The van der Waals surface area contributed by atoms with Gasteiger partial charge in [-0.05, 0) is 18.2 Å². The van der Waals surface area contributed by atoms with Crippen molar-refractivity contribution in [1.82, 2.24) is 0 Å². The summed E-state index contributed by atoms with van der Waals surface area (Å²) in [6, 6.07) is 11.4. The van der Waals surface area contributed by atoms with E-state index in [-0.39, 0.29) is 12.3 Å². The Morgan fingerprint density at radius 2 is 1.88 bits per heavy atom. The van der Waals surface area contributed by atoms with Crippen LogP contribution < -0.4 is 9.47 Å². The van der Waals surface area contributed by atoms with Crippen molar-refractivity contribution in [3.63, 3.8) is 0 Å². The van der Waals surface area contributed by atoms with Gasteiger partial charge < -0.3 is 14.2 Å². The minimum atomic E-state index is -0.622. The van der Waals surface area contributed by atoms with E-state index in [1.54, 1.807) is 36.4 Å². The quantitative estimate of drug-likeness (QED) is 0.331. The Morgan fingerprint density at radius 3 is 2.56 bits per heavy atom. The first-order valence-electron chi connectivity index (χ1n) is 7.35. The van der Waals surface area contributed by atoms with Gasteiger partial charge in [0.2, 0.25) is 0 Å². The first-order chi connectivity index (χ1) is 12.1. The molecule has 0 atom stereocenters. The highest BCUT2D eigenvalue weighted by molar-refractivity contribution is 5.87. The number of hydrogen-bond donors (Lipinski definition) is 0. The van der Waals surface area contributed by atoms with Crippen molar-refractivity contribution in [2.45, 2.75) is 6.61 Å². The van der Waals surface area contributed by atoms with E-state index in [2.05, 4.69) is 0 Å². The Balaban J connectivity index is 2.06. The van der Waals surface area contributed by atoms with E-state index in [1.165, 1.54) is 32.4 Å². The number of para-hydroxylation sites is 2. The minimum Gasteiger partial charge on any atom is -0.493 e. The predicted molar refractivity (Wildman–Crippen MR) is 91.5 cm³/mol. The molecule has 7 nitrogen and oxygen atoms in total. The average Bonchev–Trinajstić information content (AvgIpc) is 2.64. The molecule has 0 N–H and O–H groups in total. The molecular formula is C18H17NO6. The Morgan fingerprint density at radius 1 is 1.12 bits per heavy atom. The molecule has 2 aromatic carbocycles. The number of nitro groups is 1. The van der Waals surface area contributed by atoms with Gasteiger partial charge in [-0.15, -0.1) is 0 Å². The third-order valence-corrected chi connectivity index (χ3v) is 3.39. The van der Waals surface area contributed by atoms with Crippen molar-refractivity contribution < 1.29 is 23.9 Å². The molecule has 2 rings (SSSR count). The van der Waals surface area contributed by atoms with Gasteiger partial charge in [-0.3, -0.25) is 10.1 Å². The van der Waals surface area contributed by atoms with Gasteiger partial charge >= 0.3 is 5.97 Å². The van der Waals surface area contributed by atoms with Crippen molar-refractivity contribution in [2.75, 3.05) is 14.2 Å². The number of rotatable bonds is 7. The first-order valence-corrected chi connectivity index (χ1v) is 7.35. The summed E-state index contributed by atoms with van der Waals surface area (Å²) in [4.78, 5) is 22.3. The van der Waals surface area contributed by atoms with Crippen LogP contribution in [0.25, 0.3) is 6.08 Å². The topological polar surface area (TPSA) is 87.9 Å². The molecule has 0 aliphatic rings. The summed E-state index contributed by atoms with van der Waals surface area (Å²) in [6.07, 6.45) is 2.76. The molecule has 0 spiro atoms. The third kappa shape index (κ3) is 4.57. The molecule has 25 heavy (non-hydrogen) atoms. The fourth-order valence-corrected chi connectivity index (χ4v) is 2.21. The van der Waals surface area contributed by atoms with Gasteiger partial charge in [0.05, 0.1) is 24.7 Å². The normalized spacial score (nSPS) is 10.5. The molecule has 0 saturated carbocycles. The lowest BCUT2D eigenvalue weighted by Crippen LogP contribution is -2.03. The summed E-state index contributed by atoms with van der Waals surface area (Å²) < 4.78 is 15.5. The molecule has 0 saturated heterocycles. The van der Waals surface area contributed by atoms with Crippen LogP contribution in [0.15, 0.2) is 48.5 Å². The van der Waals surface area contributed by atoms with Gasteiger partial charge in [-0.25, -0.2) is 4.79 Å². The van der Waals surface area contributed by atoms with E-state index < -0.39 is 10.9 Å². The number of methoxy groups -OCH3 is 2. The predicted octanol–water partition coefficient (Wildman–Crippen LogP) is 3.37. The summed E-state index contributed by atoms with van der Waals surface area (Å²) in [7, 11) is 3.02. The molecular weight excluding hydrogens is 326 g/mol. The van der Waals surface area contributed by atoms with Crippen LogP contribution in [-0.4, -0.2) is 25.1 Å². The molecule has 0 heterocycles. The second-order valence-corrected chi connectivity index (χ2v) is 4.91. The highest BCUT2D eigenvalue weighted by Crippen LogP contribution is 2.31. The van der Waals surface area contributed by atoms with Crippen molar-refractivity contribution >= 4 is 17.7 Å². The van der Waals surface area contributed by atoms with Crippen molar-refractivity contribution in [3.05, 3.63) is 69.8 Å². The van der Waals surface area contributed by atoms with Gasteiger partial charge in [0, 0.05) is 17.7 Å². The number of ether oxygens (including phenoxy) is 3. The highest BCUT2D eigenvalue weighted by Gasteiger charge is 2.13. The number of nitrogens with zero attached hydrogens (tertiary/aromatic N) is 1. The number of benzene rings is 2. The zero-order valence-electron chi connectivity index (χ0n) is 13.8. The van der Waals surface area contributed by atoms with Crippen LogP contribution >= 0.6 is 0 Å². The third-order valence-electron chi connectivity index (χ3n) is 3.39. The molecule has 0 aliphatic carbocycles. The molecule has 0 aliphatic heterocycles. The first kappa shape index (κ1) is 18.0. The van der Waals surface area contributed by atoms with E-state index in [9.17, 15) is 14.9 Å². The lowest BCUT2D eigenvalue weighted by molar-refractivity contribution is -0.385. The summed E-state index contributed by atoms with van der Waals surface area (Å²) in [5.74, 6) is 0.411. The Kier molecular flexibility index (Phi) is 6.11. The van der Waals surface area contributed by atoms with E-state index in [0.29, 0.717) is 22.6 Å². The largest absolute Gasteiger partial charge is 0.493 e. The Labute approximate surface area is 144 Å². The lowest BCUT2D eigenvalue weighted by Gasteiger charge is -2.09. The maximum atomic E-state index is 11.9. The molecule has 2 aromatic rings. The molecule has 0 aromatic heterocycles. The standard InChI is InChI=1S/C18H17NO6/c1-23-16-9-5-7-13(18(16)24-2)10-11-17(20)25-12-14-6-3-4-8-15(14)19(21)22/h3-11H,12H2,1-2H3/b11-10+. The van der Waals surface area contributed by atoms with Gasteiger partial charge in [0.1, 0.15) is 6.61 Å². The van der Waals surface area contributed by atoms with Crippen LogP contribution in [0.4, 0.5) is 5.69 Å². The molecule has 7 heteroatoms. The van der Waals surface area contributed by atoms with Crippen molar-refractivity contribution in [2.24, 2.45) is 0 Å². The van der Waals surface area contributed by atoms with Gasteiger partial charge in [0.25, 0.3) is 5.69 Å². The minimum absolute atomic E-state index is 0.0891. The fourth-order valence-electron chi connectivity index (χ4n) is 2.21. The van der Waals surface area contributed by atoms with E-state index in [1.807, 2.05) is 0 Å². The van der Waals surface area contributed by atoms with Crippen LogP contribution in [0.5, 0.6) is 11.5 Å². The maximum absolute atomic E-state index is 11.9. The van der Waals surface area contributed by atoms with E-state index in [4.69, 9.17) is 14.2 Å². The number of carbonyl (C=O) groups is 1. The van der Waals surface area contributed by atoms with E-state index in [0.717, 1.165) is 0 Å². The van der Waals surface area contributed by atoms with Gasteiger partial charge in [-0.2, -0.15) is 0 Å². The maximum Gasteiger partial charge on any atom is 0.331 e. The Bertz CT molecular complexity index is 800. The molecule has 0 amide bonds. The number of hydrogen-bond acceptors (Lipinski definition) is 6. The molecule has 0 fully saturated rings. The second kappa shape index (κ2) is 8.49. The summed E-state index contributed by atoms with van der Waals surface area (Å²) >= 11 is 0. The van der Waals surface area contributed by atoms with E-state index >= 15 is 0 Å². The number of carbonyl (C=O) groups excluding carboxylic acids is 1. The van der Waals surface area contributed by atoms with Crippen LogP contribution in [-0.2, 0) is 16.1 Å². The molecule has 0 bridgehead atoms. The van der Waals surface area contributed by atoms with Crippen LogP contribution in [0.1, 0.15) is 11.1 Å². The summed E-state index contributed by atoms with van der Waals surface area (Å²) in [6.45, 7) is -0.185. The zero-order chi connectivity index (χ0) is 18.2.